The molecule has 2 atom stereocenters. The number of carbonyl (C=O) groups is 4. The van der Waals surface area contributed by atoms with Crippen molar-refractivity contribution in [1.29, 1.82) is 0 Å². The van der Waals surface area contributed by atoms with Crippen LogP contribution in [0, 0.1) is 5.82 Å². The Balaban J connectivity index is 1.34. The van der Waals surface area contributed by atoms with E-state index in [0.29, 0.717) is 36.3 Å². The summed E-state index contributed by atoms with van der Waals surface area (Å²) in [6.07, 6.45) is 1.64. The average Bonchev–Trinajstić information content (AvgIpc) is 3.34. The Morgan fingerprint density at radius 1 is 1.08 bits per heavy atom. The highest BCUT2D eigenvalue weighted by atomic mass is 35.5. The van der Waals surface area contributed by atoms with Gasteiger partial charge in [-0.3, -0.25) is 19.1 Å². The number of nitrogens with one attached hydrogen (secondary N) is 3. The van der Waals surface area contributed by atoms with E-state index >= 15 is 4.39 Å². The van der Waals surface area contributed by atoms with Crippen LogP contribution in [0.5, 0.6) is 11.5 Å². The lowest BCUT2D eigenvalue weighted by atomic mass is 10.0. The molecular weight excluding hydrogens is 681 g/mol. The average molecular weight is 718 g/mol. The van der Waals surface area contributed by atoms with E-state index in [2.05, 4.69) is 10.6 Å². The number of hydrogen-bond donors (Lipinski definition) is 4. The largest absolute Gasteiger partial charge is 0.507 e. The summed E-state index contributed by atoms with van der Waals surface area (Å²) in [5, 5.41) is 14.7. The zero-order valence-electron chi connectivity index (χ0n) is 26.7. The predicted molar refractivity (Wildman–Crippen MR) is 178 cm³/mol. The standard InChI is InChI=1S/C34H37ClFN3O9S/c1-47-34(44)32-27(40)10-7-11-28(32)48-17-6-2-5-16-37-33(43)26(38-30(41)15-13-22-8-3-4-9-24(22)35)19-21-12-14-23(25(36)18-21)29-20-31(42)39-49(29,45)46/h3-4,7-12,14,18,26,29,40H,2,5-6,13,15-17,19-20H2,1H3,(H,37,43)(H,38,41)(H,39,42)/t26-,29?/m0/s1. The van der Waals surface area contributed by atoms with Crippen molar-refractivity contribution in [2.45, 2.75) is 56.2 Å². The van der Waals surface area contributed by atoms with Gasteiger partial charge in [-0.1, -0.05) is 48.0 Å². The molecular formula is C34H37ClFN3O9S. The van der Waals surface area contributed by atoms with Gasteiger partial charge in [-0.05, 0) is 61.1 Å². The maximum absolute atomic E-state index is 15.1. The molecule has 1 heterocycles. The summed E-state index contributed by atoms with van der Waals surface area (Å²) in [6.45, 7) is 0.498. The molecule has 4 rings (SSSR count). The molecule has 0 radical (unpaired) electrons. The fourth-order valence-corrected chi connectivity index (χ4v) is 6.98. The van der Waals surface area contributed by atoms with Crippen LogP contribution in [0.1, 0.15) is 64.4 Å². The van der Waals surface area contributed by atoms with Crippen molar-refractivity contribution < 1.29 is 46.6 Å². The minimum Gasteiger partial charge on any atom is -0.507 e. The number of methoxy groups -OCH3 is 1. The first-order valence-corrected chi connectivity index (χ1v) is 17.5. The molecule has 1 unspecified atom stereocenters. The molecule has 0 saturated carbocycles. The molecule has 15 heteroatoms. The van der Waals surface area contributed by atoms with Gasteiger partial charge in [0.2, 0.25) is 27.7 Å². The monoisotopic (exact) mass is 717 g/mol. The van der Waals surface area contributed by atoms with Crippen molar-refractivity contribution in [3.8, 4) is 11.5 Å². The van der Waals surface area contributed by atoms with Crippen LogP contribution in [0.25, 0.3) is 0 Å². The lowest BCUT2D eigenvalue weighted by molar-refractivity contribution is -0.129. The molecule has 262 valence electrons. The summed E-state index contributed by atoms with van der Waals surface area (Å²) in [6, 6.07) is 14.3. The van der Waals surface area contributed by atoms with Crippen molar-refractivity contribution in [1.82, 2.24) is 15.4 Å². The van der Waals surface area contributed by atoms with Gasteiger partial charge in [0.05, 0.1) is 20.1 Å². The Morgan fingerprint density at radius 3 is 2.55 bits per heavy atom. The van der Waals surface area contributed by atoms with Crippen molar-refractivity contribution >= 4 is 45.3 Å². The van der Waals surface area contributed by atoms with Gasteiger partial charge in [-0.15, -0.1) is 0 Å². The van der Waals surface area contributed by atoms with Gasteiger partial charge in [0.25, 0.3) is 0 Å². The predicted octanol–water partition coefficient (Wildman–Crippen LogP) is 3.89. The first-order valence-electron chi connectivity index (χ1n) is 15.6. The molecule has 3 amide bonds. The molecule has 0 aliphatic carbocycles. The summed E-state index contributed by atoms with van der Waals surface area (Å²) in [5.74, 6) is -3.29. The quantitative estimate of drug-likeness (QED) is 0.126. The summed E-state index contributed by atoms with van der Waals surface area (Å²) >= 11 is 6.21. The molecule has 1 aliphatic heterocycles. The summed E-state index contributed by atoms with van der Waals surface area (Å²) in [5.41, 5.74) is 0.865. The topological polar surface area (TPSA) is 177 Å². The molecule has 3 aromatic carbocycles. The first kappa shape index (κ1) is 37.1. The second kappa shape index (κ2) is 17.1. The van der Waals surface area contributed by atoms with Crippen LogP contribution in [0.2, 0.25) is 5.02 Å². The van der Waals surface area contributed by atoms with Crippen molar-refractivity contribution in [3.63, 3.8) is 0 Å². The van der Waals surface area contributed by atoms with E-state index in [0.717, 1.165) is 11.6 Å². The van der Waals surface area contributed by atoms with Gasteiger partial charge >= 0.3 is 5.97 Å². The third-order valence-corrected chi connectivity index (χ3v) is 9.91. The summed E-state index contributed by atoms with van der Waals surface area (Å²) in [7, 11) is -2.86. The van der Waals surface area contributed by atoms with Crippen LogP contribution in [0.15, 0.2) is 60.7 Å². The van der Waals surface area contributed by atoms with Crippen LogP contribution in [-0.2, 0) is 42.0 Å². The first-order chi connectivity index (χ1) is 23.4. The van der Waals surface area contributed by atoms with Crippen LogP contribution < -0.4 is 20.1 Å². The number of amides is 3. The highest BCUT2D eigenvalue weighted by molar-refractivity contribution is 7.90. The van der Waals surface area contributed by atoms with E-state index in [4.69, 9.17) is 21.1 Å². The molecule has 1 saturated heterocycles. The van der Waals surface area contributed by atoms with Crippen molar-refractivity contribution in [3.05, 3.63) is 93.8 Å². The Morgan fingerprint density at radius 2 is 1.86 bits per heavy atom. The van der Waals surface area contributed by atoms with E-state index in [1.54, 1.807) is 36.4 Å². The lowest BCUT2D eigenvalue weighted by Crippen LogP contribution is -2.48. The molecule has 49 heavy (non-hydrogen) atoms. The minimum absolute atomic E-state index is 0.0399. The van der Waals surface area contributed by atoms with E-state index < -0.39 is 57.2 Å². The molecule has 12 nitrogen and oxygen atoms in total. The third kappa shape index (κ3) is 10.2. The number of sulfonamides is 1. The summed E-state index contributed by atoms with van der Waals surface area (Å²) in [4.78, 5) is 49.8. The number of benzene rings is 3. The second-order valence-corrected chi connectivity index (χ2v) is 13.6. The van der Waals surface area contributed by atoms with E-state index in [1.807, 2.05) is 4.72 Å². The molecule has 0 spiro atoms. The number of phenols is 1. The van der Waals surface area contributed by atoms with Gasteiger partial charge in [0.1, 0.15) is 34.2 Å². The third-order valence-electron chi connectivity index (χ3n) is 7.86. The molecule has 1 fully saturated rings. The smallest absolute Gasteiger partial charge is 0.345 e. The van der Waals surface area contributed by atoms with Crippen LogP contribution in [0.3, 0.4) is 0 Å². The fourth-order valence-electron chi connectivity index (χ4n) is 5.31. The number of unbranched alkanes of at least 4 members (excludes halogenated alkanes) is 2. The Bertz CT molecular complexity index is 1810. The number of phenolic OH excluding ortho intramolecular Hbond substituents is 1. The molecule has 0 aromatic heterocycles. The van der Waals surface area contributed by atoms with E-state index in [-0.39, 0.29) is 48.6 Å². The molecule has 0 bridgehead atoms. The van der Waals surface area contributed by atoms with Crippen molar-refractivity contribution in [2.75, 3.05) is 20.3 Å². The highest BCUT2D eigenvalue weighted by Gasteiger charge is 2.39. The second-order valence-electron chi connectivity index (χ2n) is 11.4. The van der Waals surface area contributed by atoms with E-state index in [1.165, 1.54) is 25.3 Å². The number of carbonyl (C=O) groups excluding carboxylic acids is 4. The number of halogens is 2. The zero-order chi connectivity index (χ0) is 35.6. The fraction of sp³-hybridized carbons (Fsp3) is 0.353. The van der Waals surface area contributed by atoms with Crippen LogP contribution >= 0.6 is 11.6 Å². The zero-order valence-corrected chi connectivity index (χ0v) is 28.2. The number of rotatable bonds is 16. The normalized spacial score (nSPS) is 15.6. The highest BCUT2D eigenvalue weighted by Crippen LogP contribution is 2.32. The van der Waals surface area contributed by atoms with Gasteiger partial charge in [-0.25, -0.2) is 17.6 Å². The van der Waals surface area contributed by atoms with Crippen LogP contribution in [-0.4, -0.2) is 63.5 Å². The van der Waals surface area contributed by atoms with E-state index in [9.17, 15) is 32.7 Å². The van der Waals surface area contributed by atoms with Crippen molar-refractivity contribution in [2.24, 2.45) is 0 Å². The molecule has 3 aromatic rings. The number of esters is 1. The lowest BCUT2D eigenvalue weighted by Gasteiger charge is -2.20. The molecule has 4 N–H and O–H groups in total. The Hall–Kier alpha value is -4.69. The maximum Gasteiger partial charge on any atom is 0.345 e. The van der Waals surface area contributed by atoms with Gasteiger partial charge < -0.3 is 25.2 Å². The molecule has 1 aliphatic rings. The maximum atomic E-state index is 15.1. The van der Waals surface area contributed by atoms with Crippen LogP contribution in [0.4, 0.5) is 4.39 Å². The van der Waals surface area contributed by atoms with Gasteiger partial charge in [-0.2, -0.15) is 0 Å². The number of aromatic hydroxyl groups is 1. The Kier molecular flexibility index (Phi) is 13.0. The summed E-state index contributed by atoms with van der Waals surface area (Å²) < 4.78 is 51.9. The minimum atomic E-state index is -4.06. The number of ether oxygens (including phenoxy) is 2. The van der Waals surface area contributed by atoms with Gasteiger partial charge in [0, 0.05) is 30.0 Å². The Labute approximate surface area is 288 Å². The van der Waals surface area contributed by atoms with Gasteiger partial charge in [0.15, 0.2) is 0 Å². The number of aryl methyl sites for hydroxylation is 1. The SMILES string of the molecule is COC(=O)c1c(O)cccc1OCCCCCNC(=O)[C@H](Cc1ccc(C2CC(=O)NS2(=O)=O)c(F)c1)NC(=O)CCc1ccccc1Cl. The number of hydrogen-bond acceptors (Lipinski definition) is 9.